The SMILES string of the molecule is COc1c(F)c(F)cc(C(=O)N2CCN(c3cc(Oc4ccccc4)nc(C)n3)CC2)c1F. The zero-order valence-electron chi connectivity index (χ0n) is 18.0. The van der Waals surface area contributed by atoms with E-state index in [9.17, 15) is 18.0 Å². The van der Waals surface area contributed by atoms with E-state index in [2.05, 4.69) is 14.7 Å². The number of carbonyl (C=O) groups excluding carboxylic acids is 1. The standard InChI is InChI=1S/C23H21F3N4O3/c1-14-27-18(13-19(28-14)33-15-6-4-3-5-7-15)29-8-10-30(11-9-29)23(31)16-12-17(24)21(26)22(32-2)20(16)25/h3-7,12-13H,8-11H2,1-2H3. The average Bonchev–Trinajstić information content (AvgIpc) is 2.82. The lowest BCUT2D eigenvalue weighted by molar-refractivity contribution is 0.0740. The van der Waals surface area contributed by atoms with Crippen molar-refractivity contribution in [2.75, 3.05) is 38.2 Å². The Labute approximate surface area is 188 Å². The van der Waals surface area contributed by atoms with E-state index in [4.69, 9.17) is 4.74 Å². The fraction of sp³-hybridized carbons (Fsp3) is 0.261. The van der Waals surface area contributed by atoms with Crippen molar-refractivity contribution < 1.29 is 27.4 Å². The van der Waals surface area contributed by atoms with Crippen LogP contribution in [0.2, 0.25) is 0 Å². The first-order chi connectivity index (χ1) is 15.9. The minimum atomic E-state index is -1.47. The normalized spacial score (nSPS) is 13.7. The number of para-hydroxylation sites is 1. The number of methoxy groups -OCH3 is 1. The first kappa shape index (κ1) is 22.4. The Hall–Kier alpha value is -3.82. The van der Waals surface area contributed by atoms with Crippen LogP contribution in [-0.4, -0.2) is 54.1 Å². The summed E-state index contributed by atoms with van der Waals surface area (Å²) in [5, 5.41) is 0. The number of piperazine rings is 1. The molecule has 0 N–H and O–H groups in total. The lowest BCUT2D eigenvalue weighted by atomic mass is 10.1. The van der Waals surface area contributed by atoms with Crippen molar-refractivity contribution in [1.82, 2.24) is 14.9 Å². The van der Waals surface area contributed by atoms with Gasteiger partial charge in [0.25, 0.3) is 5.91 Å². The summed E-state index contributed by atoms with van der Waals surface area (Å²) in [4.78, 5) is 24.9. The summed E-state index contributed by atoms with van der Waals surface area (Å²) in [6.45, 7) is 3.01. The Morgan fingerprint density at radius 3 is 2.33 bits per heavy atom. The molecule has 1 aromatic heterocycles. The smallest absolute Gasteiger partial charge is 0.257 e. The second-order valence-corrected chi connectivity index (χ2v) is 7.37. The number of hydrogen-bond acceptors (Lipinski definition) is 6. The molecule has 1 amide bonds. The van der Waals surface area contributed by atoms with Gasteiger partial charge in [-0.25, -0.2) is 13.8 Å². The fourth-order valence-electron chi connectivity index (χ4n) is 3.57. The van der Waals surface area contributed by atoms with Gasteiger partial charge in [-0.2, -0.15) is 9.37 Å². The monoisotopic (exact) mass is 458 g/mol. The number of nitrogens with zero attached hydrogens (tertiary/aromatic N) is 4. The molecule has 7 nitrogen and oxygen atoms in total. The third-order valence-electron chi connectivity index (χ3n) is 5.21. The van der Waals surface area contributed by atoms with Crippen LogP contribution in [0.1, 0.15) is 16.2 Å². The topological polar surface area (TPSA) is 67.8 Å². The lowest BCUT2D eigenvalue weighted by Gasteiger charge is -2.35. The van der Waals surface area contributed by atoms with Crippen LogP contribution in [0.15, 0.2) is 42.5 Å². The fourth-order valence-corrected chi connectivity index (χ4v) is 3.57. The summed E-state index contributed by atoms with van der Waals surface area (Å²) in [7, 11) is 1.01. The highest BCUT2D eigenvalue weighted by atomic mass is 19.2. The summed E-state index contributed by atoms with van der Waals surface area (Å²) in [6.07, 6.45) is 0. The van der Waals surface area contributed by atoms with E-state index in [1.54, 1.807) is 13.0 Å². The van der Waals surface area contributed by atoms with Gasteiger partial charge in [-0.1, -0.05) is 18.2 Å². The largest absolute Gasteiger partial charge is 0.491 e. The van der Waals surface area contributed by atoms with E-state index in [1.807, 2.05) is 35.2 Å². The Balaban J connectivity index is 1.47. The number of aryl methyl sites for hydroxylation is 1. The number of amides is 1. The quantitative estimate of drug-likeness (QED) is 0.539. The first-order valence-corrected chi connectivity index (χ1v) is 10.2. The molecule has 10 heteroatoms. The van der Waals surface area contributed by atoms with Gasteiger partial charge in [0.2, 0.25) is 11.7 Å². The molecule has 0 unspecified atom stereocenters. The van der Waals surface area contributed by atoms with Crippen molar-refractivity contribution >= 4 is 11.7 Å². The molecule has 33 heavy (non-hydrogen) atoms. The zero-order valence-corrected chi connectivity index (χ0v) is 18.0. The van der Waals surface area contributed by atoms with E-state index >= 15 is 0 Å². The number of anilines is 1. The third kappa shape index (κ3) is 4.69. The van der Waals surface area contributed by atoms with Gasteiger partial charge in [0.15, 0.2) is 17.4 Å². The molecule has 4 rings (SSSR count). The molecular weight excluding hydrogens is 437 g/mol. The van der Waals surface area contributed by atoms with Crippen LogP contribution in [0.3, 0.4) is 0 Å². The molecule has 0 spiro atoms. The predicted molar refractivity (Wildman–Crippen MR) is 114 cm³/mol. The molecule has 1 aliphatic heterocycles. The second-order valence-electron chi connectivity index (χ2n) is 7.37. The molecule has 0 radical (unpaired) electrons. The molecule has 1 fully saturated rings. The molecular formula is C23H21F3N4O3. The van der Waals surface area contributed by atoms with E-state index < -0.39 is 34.7 Å². The van der Waals surface area contributed by atoms with Gasteiger partial charge >= 0.3 is 0 Å². The van der Waals surface area contributed by atoms with Gasteiger partial charge in [0.1, 0.15) is 17.4 Å². The summed E-state index contributed by atoms with van der Waals surface area (Å²) in [5.74, 6) is -3.52. The molecule has 2 heterocycles. The molecule has 1 saturated heterocycles. The minimum Gasteiger partial charge on any atom is -0.491 e. The Morgan fingerprint density at radius 1 is 0.970 bits per heavy atom. The zero-order chi connectivity index (χ0) is 23.5. The van der Waals surface area contributed by atoms with Gasteiger partial charge in [-0.15, -0.1) is 0 Å². The number of carbonyl (C=O) groups is 1. The molecule has 3 aromatic rings. The lowest BCUT2D eigenvalue weighted by Crippen LogP contribution is -2.49. The average molecular weight is 458 g/mol. The molecule has 0 aliphatic carbocycles. The molecule has 0 bridgehead atoms. The van der Waals surface area contributed by atoms with E-state index in [-0.39, 0.29) is 13.1 Å². The molecule has 1 aliphatic rings. The van der Waals surface area contributed by atoms with Crippen molar-refractivity contribution in [2.24, 2.45) is 0 Å². The van der Waals surface area contributed by atoms with Crippen LogP contribution >= 0.6 is 0 Å². The maximum atomic E-state index is 14.5. The predicted octanol–water partition coefficient (Wildman–Crippen LogP) is 3.97. The summed E-state index contributed by atoms with van der Waals surface area (Å²) in [6, 6.07) is 11.5. The van der Waals surface area contributed by atoms with Crippen LogP contribution in [0, 0.1) is 24.4 Å². The highest BCUT2D eigenvalue weighted by Crippen LogP contribution is 2.29. The van der Waals surface area contributed by atoms with Crippen LogP contribution in [0.5, 0.6) is 17.4 Å². The maximum Gasteiger partial charge on any atom is 0.257 e. The Kier molecular flexibility index (Phi) is 6.34. The molecule has 0 saturated carbocycles. The molecule has 2 aromatic carbocycles. The number of ether oxygens (including phenoxy) is 2. The van der Waals surface area contributed by atoms with Crippen molar-refractivity contribution in [1.29, 1.82) is 0 Å². The number of aromatic nitrogens is 2. The number of halogens is 3. The number of hydrogen-bond donors (Lipinski definition) is 0. The highest BCUT2D eigenvalue weighted by molar-refractivity contribution is 5.95. The van der Waals surface area contributed by atoms with Gasteiger partial charge in [0, 0.05) is 32.2 Å². The third-order valence-corrected chi connectivity index (χ3v) is 5.21. The molecule has 172 valence electrons. The van der Waals surface area contributed by atoms with E-state index in [1.165, 1.54) is 4.90 Å². The summed E-state index contributed by atoms with van der Waals surface area (Å²) < 4.78 is 52.4. The number of benzene rings is 2. The van der Waals surface area contributed by atoms with Crippen molar-refractivity contribution in [3.63, 3.8) is 0 Å². The van der Waals surface area contributed by atoms with Crippen molar-refractivity contribution in [2.45, 2.75) is 6.92 Å². The van der Waals surface area contributed by atoms with Gasteiger partial charge in [-0.3, -0.25) is 4.79 Å². The Bertz CT molecular complexity index is 1170. The van der Waals surface area contributed by atoms with E-state index in [0.717, 1.165) is 7.11 Å². The first-order valence-electron chi connectivity index (χ1n) is 10.2. The number of rotatable bonds is 5. The van der Waals surface area contributed by atoms with Crippen molar-refractivity contribution in [3.05, 3.63) is 71.3 Å². The van der Waals surface area contributed by atoms with Crippen molar-refractivity contribution in [3.8, 4) is 17.4 Å². The van der Waals surface area contributed by atoms with E-state index in [0.29, 0.717) is 42.4 Å². The Morgan fingerprint density at radius 2 is 1.67 bits per heavy atom. The van der Waals surface area contributed by atoms with Gasteiger partial charge < -0.3 is 19.3 Å². The van der Waals surface area contributed by atoms with Crippen LogP contribution in [0.4, 0.5) is 19.0 Å². The molecule has 0 atom stereocenters. The second kappa shape index (κ2) is 9.35. The van der Waals surface area contributed by atoms with Gasteiger partial charge in [0.05, 0.1) is 12.7 Å². The highest BCUT2D eigenvalue weighted by Gasteiger charge is 2.29. The van der Waals surface area contributed by atoms with Crippen LogP contribution in [-0.2, 0) is 0 Å². The minimum absolute atomic E-state index is 0.234. The van der Waals surface area contributed by atoms with Gasteiger partial charge in [-0.05, 0) is 25.1 Å². The maximum absolute atomic E-state index is 14.5. The van der Waals surface area contributed by atoms with Crippen LogP contribution in [0.25, 0.3) is 0 Å². The van der Waals surface area contributed by atoms with Crippen LogP contribution < -0.4 is 14.4 Å². The summed E-state index contributed by atoms with van der Waals surface area (Å²) >= 11 is 0. The summed E-state index contributed by atoms with van der Waals surface area (Å²) in [5.41, 5.74) is -0.573.